The SMILES string of the molecule is COC(=O)c1ccc(NCCCCN)nc1C. The average molecular weight is 237 g/mol. The lowest BCUT2D eigenvalue weighted by Gasteiger charge is -2.08. The monoisotopic (exact) mass is 237 g/mol. The van der Waals surface area contributed by atoms with Crippen LogP contribution in [-0.4, -0.2) is 31.2 Å². The van der Waals surface area contributed by atoms with Crippen molar-refractivity contribution in [3.8, 4) is 0 Å². The maximum absolute atomic E-state index is 11.3. The highest BCUT2D eigenvalue weighted by Gasteiger charge is 2.10. The molecule has 1 aromatic rings. The molecule has 0 fully saturated rings. The van der Waals surface area contributed by atoms with E-state index in [4.69, 9.17) is 5.73 Å². The lowest BCUT2D eigenvalue weighted by Crippen LogP contribution is -2.09. The summed E-state index contributed by atoms with van der Waals surface area (Å²) in [5.41, 5.74) is 6.57. The zero-order chi connectivity index (χ0) is 12.7. The van der Waals surface area contributed by atoms with Crippen LogP contribution in [0.1, 0.15) is 28.9 Å². The molecule has 0 aliphatic carbocycles. The summed E-state index contributed by atoms with van der Waals surface area (Å²) in [5, 5.41) is 3.19. The minimum Gasteiger partial charge on any atom is -0.465 e. The fourth-order valence-corrected chi connectivity index (χ4v) is 1.47. The van der Waals surface area contributed by atoms with Gasteiger partial charge in [-0.2, -0.15) is 0 Å². The molecular weight excluding hydrogens is 218 g/mol. The fourth-order valence-electron chi connectivity index (χ4n) is 1.47. The number of nitrogens with two attached hydrogens (primary N) is 1. The van der Waals surface area contributed by atoms with Gasteiger partial charge in [0.25, 0.3) is 0 Å². The van der Waals surface area contributed by atoms with Crippen molar-refractivity contribution in [1.29, 1.82) is 0 Å². The van der Waals surface area contributed by atoms with Crippen LogP contribution in [0.15, 0.2) is 12.1 Å². The predicted molar refractivity (Wildman–Crippen MR) is 67.1 cm³/mol. The summed E-state index contributed by atoms with van der Waals surface area (Å²) in [6, 6.07) is 3.50. The first-order chi connectivity index (χ1) is 8.19. The van der Waals surface area contributed by atoms with E-state index in [-0.39, 0.29) is 5.97 Å². The van der Waals surface area contributed by atoms with Gasteiger partial charge in [-0.05, 0) is 38.4 Å². The molecule has 5 nitrogen and oxygen atoms in total. The largest absolute Gasteiger partial charge is 0.465 e. The molecule has 0 aromatic carbocycles. The Morgan fingerprint density at radius 3 is 2.82 bits per heavy atom. The molecule has 3 N–H and O–H groups in total. The van der Waals surface area contributed by atoms with Crippen LogP contribution in [0.5, 0.6) is 0 Å². The maximum atomic E-state index is 11.3. The number of hydrogen-bond donors (Lipinski definition) is 2. The van der Waals surface area contributed by atoms with E-state index >= 15 is 0 Å². The number of aryl methyl sites for hydroxylation is 1. The van der Waals surface area contributed by atoms with Crippen molar-refractivity contribution in [2.45, 2.75) is 19.8 Å². The van der Waals surface area contributed by atoms with Crippen LogP contribution in [0.3, 0.4) is 0 Å². The first-order valence-electron chi connectivity index (χ1n) is 5.69. The van der Waals surface area contributed by atoms with Gasteiger partial charge in [0.1, 0.15) is 5.82 Å². The van der Waals surface area contributed by atoms with E-state index in [1.54, 1.807) is 19.1 Å². The molecule has 17 heavy (non-hydrogen) atoms. The molecule has 0 saturated carbocycles. The molecule has 1 rings (SSSR count). The summed E-state index contributed by atoms with van der Waals surface area (Å²) in [7, 11) is 1.36. The summed E-state index contributed by atoms with van der Waals surface area (Å²) >= 11 is 0. The van der Waals surface area contributed by atoms with Gasteiger partial charge in [0.15, 0.2) is 0 Å². The van der Waals surface area contributed by atoms with Crippen LogP contribution < -0.4 is 11.1 Å². The molecule has 0 unspecified atom stereocenters. The Morgan fingerprint density at radius 1 is 1.47 bits per heavy atom. The summed E-state index contributed by atoms with van der Waals surface area (Å²) < 4.78 is 4.66. The van der Waals surface area contributed by atoms with Gasteiger partial charge in [0.2, 0.25) is 0 Å². The van der Waals surface area contributed by atoms with Crippen LogP contribution in [0, 0.1) is 6.92 Å². The molecule has 0 bridgehead atoms. The predicted octanol–water partition coefficient (Wildman–Crippen LogP) is 1.33. The summed E-state index contributed by atoms with van der Waals surface area (Å²) in [6.45, 7) is 3.33. The zero-order valence-electron chi connectivity index (χ0n) is 10.3. The van der Waals surface area contributed by atoms with E-state index in [2.05, 4.69) is 15.0 Å². The highest BCUT2D eigenvalue weighted by atomic mass is 16.5. The lowest BCUT2D eigenvalue weighted by atomic mass is 10.2. The number of nitrogens with zero attached hydrogens (tertiary/aromatic N) is 1. The van der Waals surface area contributed by atoms with Crippen molar-refractivity contribution >= 4 is 11.8 Å². The smallest absolute Gasteiger partial charge is 0.339 e. The van der Waals surface area contributed by atoms with Crippen molar-refractivity contribution in [3.63, 3.8) is 0 Å². The van der Waals surface area contributed by atoms with Crippen molar-refractivity contribution in [2.24, 2.45) is 5.73 Å². The van der Waals surface area contributed by atoms with E-state index in [0.29, 0.717) is 17.8 Å². The van der Waals surface area contributed by atoms with Crippen molar-refractivity contribution < 1.29 is 9.53 Å². The third-order valence-electron chi connectivity index (χ3n) is 2.43. The number of aromatic nitrogens is 1. The summed E-state index contributed by atoms with van der Waals surface area (Å²) in [5.74, 6) is 0.414. The second-order valence-corrected chi connectivity index (χ2v) is 3.74. The second kappa shape index (κ2) is 6.85. The number of pyridine rings is 1. The molecule has 0 amide bonds. The van der Waals surface area contributed by atoms with Gasteiger partial charge >= 0.3 is 5.97 Å². The molecule has 0 aliphatic rings. The first kappa shape index (κ1) is 13.4. The molecule has 5 heteroatoms. The fraction of sp³-hybridized carbons (Fsp3) is 0.500. The zero-order valence-corrected chi connectivity index (χ0v) is 10.3. The van der Waals surface area contributed by atoms with Gasteiger partial charge in [-0.15, -0.1) is 0 Å². The van der Waals surface area contributed by atoms with E-state index in [1.165, 1.54) is 7.11 Å². The maximum Gasteiger partial charge on any atom is 0.339 e. The number of unbranched alkanes of at least 4 members (excludes halogenated alkanes) is 1. The molecule has 1 heterocycles. The first-order valence-corrected chi connectivity index (χ1v) is 5.69. The number of nitrogens with one attached hydrogen (secondary N) is 1. The van der Waals surface area contributed by atoms with E-state index in [9.17, 15) is 4.79 Å². The molecule has 0 radical (unpaired) electrons. The lowest BCUT2D eigenvalue weighted by molar-refractivity contribution is 0.0599. The van der Waals surface area contributed by atoms with Gasteiger partial charge in [0, 0.05) is 6.54 Å². The molecular formula is C12H19N3O2. The standard InChI is InChI=1S/C12H19N3O2/c1-9-10(12(16)17-2)5-6-11(15-9)14-8-4-3-7-13/h5-6H,3-4,7-8,13H2,1-2H3,(H,14,15). The number of esters is 1. The Bertz CT molecular complexity index is 380. The minimum absolute atomic E-state index is 0.357. The van der Waals surface area contributed by atoms with Crippen molar-refractivity contribution in [1.82, 2.24) is 4.98 Å². The number of hydrogen-bond acceptors (Lipinski definition) is 5. The van der Waals surface area contributed by atoms with Crippen molar-refractivity contribution in [3.05, 3.63) is 23.4 Å². The molecule has 0 atom stereocenters. The van der Waals surface area contributed by atoms with Crippen molar-refractivity contribution in [2.75, 3.05) is 25.5 Å². The summed E-state index contributed by atoms with van der Waals surface area (Å²) in [4.78, 5) is 15.6. The number of anilines is 1. The number of rotatable bonds is 6. The van der Waals surface area contributed by atoms with Crippen LogP contribution >= 0.6 is 0 Å². The number of carbonyl (C=O) groups excluding carboxylic acids is 1. The number of ether oxygens (including phenoxy) is 1. The van der Waals surface area contributed by atoms with Gasteiger partial charge < -0.3 is 15.8 Å². The molecule has 0 aliphatic heterocycles. The molecule has 0 spiro atoms. The summed E-state index contributed by atoms with van der Waals surface area (Å²) in [6.07, 6.45) is 2.00. The highest BCUT2D eigenvalue weighted by molar-refractivity contribution is 5.90. The van der Waals surface area contributed by atoms with Gasteiger partial charge in [-0.3, -0.25) is 0 Å². The van der Waals surface area contributed by atoms with Crippen LogP contribution in [-0.2, 0) is 4.74 Å². The second-order valence-electron chi connectivity index (χ2n) is 3.74. The van der Waals surface area contributed by atoms with E-state index in [1.807, 2.05) is 0 Å². The normalized spacial score (nSPS) is 10.1. The number of carbonyl (C=O) groups is 1. The average Bonchev–Trinajstić information content (AvgIpc) is 2.34. The van der Waals surface area contributed by atoms with Gasteiger partial charge in [-0.25, -0.2) is 9.78 Å². The molecule has 0 saturated heterocycles. The topological polar surface area (TPSA) is 77.2 Å². The molecule has 1 aromatic heterocycles. The van der Waals surface area contributed by atoms with Gasteiger partial charge in [0.05, 0.1) is 18.4 Å². The Morgan fingerprint density at radius 2 is 2.24 bits per heavy atom. The van der Waals surface area contributed by atoms with Gasteiger partial charge in [-0.1, -0.05) is 0 Å². The minimum atomic E-state index is -0.357. The highest BCUT2D eigenvalue weighted by Crippen LogP contribution is 2.11. The quantitative estimate of drug-likeness (QED) is 0.576. The van der Waals surface area contributed by atoms with Crippen LogP contribution in [0.25, 0.3) is 0 Å². The third kappa shape index (κ3) is 4.03. The number of methoxy groups -OCH3 is 1. The van der Waals surface area contributed by atoms with E-state index < -0.39 is 0 Å². The Balaban J connectivity index is 2.59. The Hall–Kier alpha value is -1.62. The van der Waals surface area contributed by atoms with E-state index in [0.717, 1.165) is 25.2 Å². The Kier molecular flexibility index (Phi) is 5.42. The van der Waals surface area contributed by atoms with Crippen LogP contribution in [0.4, 0.5) is 5.82 Å². The third-order valence-corrected chi connectivity index (χ3v) is 2.43. The Labute approximate surface area is 101 Å². The molecule has 94 valence electrons. The van der Waals surface area contributed by atoms with Crippen LogP contribution in [0.2, 0.25) is 0 Å².